The Labute approximate surface area is 145 Å². The normalized spacial score (nSPS) is 13.3. The van der Waals surface area contributed by atoms with E-state index in [-0.39, 0.29) is 5.91 Å². The van der Waals surface area contributed by atoms with E-state index in [0.29, 0.717) is 22.9 Å². The average molecular weight is 331 g/mol. The second-order valence-corrected chi connectivity index (χ2v) is 6.00. The number of anilines is 1. The maximum atomic E-state index is 12.3. The molecule has 0 atom stereocenters. The van der Waals surface area contributed by atoms with Gasteiger partial charge in [-0.15, -0.1) is 0 Å². The highest BCUT2D eigenvalue weighted by Crippen LogP contribution is 2.37. The Morgan fingerprint density at radius 2 is 1.56 bits per heavy atom. The molecule has 0 radical (unpaired) electrons. The van der Waals surface area contributed by atoms with Crippen molar-refractivity contribution in [2.75, 3.05) is 5.32 Å². The van der Waals surface area contributed by atoms with E-state index in [1.54, 1.807) is 24.5 Å². The summed E-state index contributed by atoms with van der Waals surface area (Å²) in [4.78, 5) is 20.8. The minimum Gasteiger partial charge on any atom is -0.457 e. The molecule has 25 heavy (non-hydrogen) atoms. The van der Waals surface area contributed by atoms with E-state index in [1.165, 1.54) is 0 Å². The first-order valence-corrected chi connectivity index (χ1v) is 8.24. The Morgan fingerprint density at radius 3 is 2.20 bits per heavy atom. The first-order chi connectivity index (χ1) is 12.3. The van der Waals surface area contributed by atoms with E-state index in [0.717, 1.165) is 24.4 Å². The SMILES string of the molecule is O=C(Nc1ccc(Oc2ccccc2)cc1)c1cnc(C2CC2)nc1. The minimum atomic E-state index is -0.223. The summed E-state index contributed by atoms with van der Waals surface area (Å²) in [6.07, 6.45) is 5.46. The van der Waals surface area contributed by atoms with Gasteiger partial charge in [-0.2, -0.15) is 0 Å². The van der Waals surface area contributed by atoms with E-state index in [9.17, 15) is 4.79 Å². The van der Waals surface area contributed by atoms with Crippen LogP contribution in [0.3, 0.4) is 0 Å². The van der Waals surface area contributed by atoms with Crippen molar-refractivity contribution < 1.29 is 9.53 Å². The van der Waals surface area contributed by atoms with Crippen LogP contribution >= 0.6 is 0 Å². The molecule has 0 saturated heterocycles. The number of hydrogen-bond donors (Lipinski definition) is 1. The zero-order chi connectivity index (χ0) is 17.1. The Bertz CT molecular complexity index is 858. The summed E-state index contributed by atoms with van der Waals surface area (Å²) in [6, 6.07) is 16.8. The first kappa shape index (κ1) is 15.3. The van der Waals surface area contributed by atoms with Crippen LogP contribution in [0.25, 0.3) is 0 Å². The molecule has 0 spiro atoms. The van der Waals surface area contributed by atoms with Crippen LogP contribution in [0.15, 0.2) is 67.0 Å². The van der Waals surface area contributed by atoms with Crippen LogP contribution in [-0.2, 0) is 0 Å². The molecule has 1 amide bonds. The maximum absolute atomic E-state index is 12.3. The van der Waals surface area contributed by atoms with E-state index >= 15 is 0 Å². The van der Waals surface area contributed by atoms with Gasteiger partial charge in [0.1, 0.15) is 17.3 Å². The fraction of sp³-hybridized carbons (Fsp3) is 0.150. The largest absolute Gasteiger partial charge is 0.457 e. The molecule has 3 aromatic rings. The van der Waals surface area contributed by atoms with Gasteiger partial charge in [-0.1, -0.05) is 18.2 Å². The number of rotatable bonds is 5. The lowest BCUT2D eigenvalue weighted by atomic mass is 10.2. The molecule has 4 rings (SSSR count). The molecule has 0 bridgehead atoms. The van der Waals surface area contributed by atoms with Gasteiger partial charge < -0.3 is 10.1 Å². The number of carbonyl (C=O) groups excluding carboxylic acids is 1. The second kappa shape index (κ2) is 6.73. The van der Waals surface area contributed by atoms with Crippen molar-refractivity contribution in [1.82, 2.24) is 9.97 Å². The molecule has 1 aliphatic carbocycles. The highest BCUT2D eigenvalue weighted by molar-refractivity contribution is 6.03. The Hall–Kier alpha value is -3.21. The van der Waals surface area contributed by atoms with Crippen LogP contribution in [0.1, 0.15) is 34.9 Å². The Kier molecular flexibility index (Phi) is 4.12. The summed E-state index contributed by atoms with van der Waals surface area (Å²) < 4.78 is 5.73. The van der Waals surface area contributed by atoms with Gasteiger partial charge in [0, 0.05) is 24.0 Å². The molecule has 2 aromatic carbocycles. The highest BCUT2D eigenvalue weighted by atomic mass is 16.5. The van der Waals surface area contributed by atoms with Crippen molar-refractivity contribution in [3.8, 4) is 11.5 Å². The number of para-hydroxylation sites is 1. The predicted octanol–water partition coefficient (Wildman–Crippen LogP) is 4.40. The zero-order valence-corrected chi connectivity index (χ0v) is 13.6. The predicted molar refractivity (Wildman–Crippen MR) is 94.9 cm³/mol. The summed E-state index contributed by atoms with van der Waals surface area (Å²) in [5.74, 6) is 2.57. The van der Waals surface area contributed by atoms with Gasteiger partial charge in [0.25, 0.3) is 5.91 Å². The summed E-state index contributed by atoms with van der Waals surface area (Å²) in [7, 11) is 0. The first-order valence-electron chi connectivity index (χ1n) is 8.24. The van der Waals surface area contributed by atoms with Crippen molar-refractivity contribution in [2.24, 2.45) is 0 Å². The number of hydrogen-bond acceptors (Lipinski definition) is 4. The fourth-order valence-electron chi connectivity index (χ4n) is 2.44. The van der Waals surface area contributed by atoms with Crippen LogP contribution in [0.5, 0.6) is 11.5 Å². The van der Waals surface area contributed by atoms with Gasteiger partial charge in [-0.25, -0.2) is 9.97 Å². The molecular formula is C20H17N3O2. The van der Waals surface area contributed by atoms with Crippen molar-refractivity contribution in [3.05, 3.63) is 78.4 Å². The second-order valence-electron chi connectivity index (χ2n) is 6.00. The van der Waals surface area contributed by atoms with Crippen LogP contribution in [0.2, 0.25) is 0 Å². The maximum Gasteiger partial charge on any atom is 0.258 e. The van der Waals surface area contributed by atoms with Gasteiger partial charge in [0.05, 0.1) is 5.56 Å². The standard InChI is InChI=1S/C20H17N3O2/c24-20(15-12-21-19(22-13-15)14-6-7-14)23-16-8-10-18(11-9-16)25-17-4-2-1-3-5-17/h1-5,8-14H,6-7H2,(H,23,24). The van der Waals surface area contributed by atoms with Crippen molar-refractivity contribution in [2.45, 2.75) is 18.8 Å². The lowest BCUT2D eigenvalue weighted by molar-refractivity contribution is 0.102. The molecule has 0 aliphatic heterocycles. The molecule has 1 N–H and O–H groups in total. The van der Waals surface area contributed by atoms with E-state index < -0.39 is 0 Å². The highest BCUT2D eigenvalue weighted by Gasteiger charge is 2.26. The number of nitrogens with one attached hydrogen (secondary N) is 1. The van der Waals surface area contributed by atoms with Crippen LogP contribution in [0, 0.1) is 0 Å². The molecule has 5 nitrogen and oxygen atoms in total. The molecule has 124 valence electrons. The monoisotopic (exact) mass is 331 g/mol. The van der Waals surface area contributed by atoms with Gasteiger partial charge in [0.2, 0.25) is 0 Å². The van der Waals surface area contributed by atoms with Crippen molar-refractivity contribution in [1.29, 1.82) is 0 Å². The quantitative estimate of drug-likeness (QED) is 0.752. The van der Waals surface area contributed by atoms with E-state index in [4.69, 9.17) is 4.74 Å². The number of carbonyl (C=O) groups is 1. The summed E-state index contributed by atoms with van der Waals surface area (Å²) in [6.45, 7) is 0. The molecule has 1 saturated carbocycles. The third kappa shape index (κ3) is 3.83. The minimum absolute atomic E-state index is 0.223. The molecule has 1 heterocycles. The van der Waals surface area contributed by atoms with Gasteiger partial charge in [0.15, 0.2) is 0 Å². The molecule has 0 unspecified atom stereocenters. The average Bonchev–Trinajstić information content (AvgIpc) is 3.50. The number of nitrogens with zero attached hydrogens (tertiary/aromatic N) is 2. The lowest BCUT2D eigenvalue weighted by Gasteiger charge is -2.08. The van der Waals surface area contributed by atoms with Gasteiger partial charge in [-0.3, -0.25) is 4.79 Å². The third-order valence-electron chi connectivity index (χ3n) is 3.97. The molecule has 1 fully saturated rings. The third-order valence-corrected chi connectivity index (χ3v) is 3.97. The number of ether oxygens (including phenoxy) is 1. The Morgan fingerprint density at radius 1 is 0.920 bits per heavy atom. The lowest BCUT2D eigenvalue weighted by Crippen LogP contribution is -2.13. The Balaban J connectivity index is 1.39. The molecule has 5 heteroatoms. The zero-order valence-electron chi connectivity index (χ0n) is 13.6. The summed E-state index contributed by atoms with van der Waals surface area (Å²) in [5, 5.41) is 2.84. The molecule has 1 aromatic heterocycles. The molecule has 1 aliphatic rings. The van der Waals surface area contributed by atoms with Crippen molar-refractivity contribution in [3.63, 3.8) is 0 Å². The summed E-state index contributed by atoms with van der Waals surface area (Å²) in [5.41, 5.74) is 1.14. The molecular weight excluding hydrogens is 314 g/mol. The van der Waals surface area contributed by atoms with Crippen LogP contribution in [0.4, 0.5) is 5.69 Å². The van der Waals surface area contributed by atoms with Crippen molar-refractivity contribution >= 4 is 11.6 Å². The fourth-order valence-corrected chi connectivity index (χ4v) is 2.44. The van der Waals surface area contributed by atoms with Gasteiger partial charge in [-0.05, 0) is 49.2 Å². The number of benzene rings is 2. The summed E-state index contributed by atoms with van der Waals surface area (Å²) >= 11 is 0. The number of aromatic nitrogens is 2. The van der Waals surface area contributed by atoms with Gasteiger partial charge >= 0.3 is 0 Å². The van der Waals surface area contributed by atoms with E-state index in [1.807, 2.05) is 42.5 Å². The number of amides is 1. The van der Waals surface area contributed by atoms with E-state index in [2.05, 4.69) is 15.3 Å². The van der Waals surface area contributed by atoms with Crippen LogP contribution < -0.4 is 10.1 Å². The smallest absolute Gasteiger partial charge is 0.258 e. The van der Waals surface area contributed by atoms with Crippen LogP contribution in [-0.4, -0.2) is 15.9 Å². The topological polar surface area (TPSA) is 64.1 Å².